The summed E-state index contributed by atoms with van der Waals surface area (Å²) in [5.74, 6) is 0. The third-order valence-electron chi connectivity index (χ3n) is 1.63. The summed E-state index contributed by atoms with van der Waals surface area (Å²) in [6.07, 6.45) is 5.54. The fraction of sp³-hybridized carbons (Fsp3) is 0.500. The largest absolute Gasteiger partial charge is 0.472 e. The highest BCUT2D eigenvalue weighted by molar-refractivity contribution is 5.20. The van der Waals surface area contributed by atoms with Gasteiger partial charge < -0.3 is 10.2 Å². The van der Waals surface area contributed by atoms with Crippen molar-refractivity contribution in [2.45, 2.75) is 19.8 Å². The van der Waals surface area contributed by atoms with Crippen LogP contribution >= 0.6 is 0 Å². The molecule has 0 unspecified atom stereocenters. The van der Waals surface area contributed by atoms with Crippen molar-refractivity contribution in [1.82, 2.24) is 0 Å². The van der Waals surface area contributed by atoms with Crippen molar-refractivity contribution in [2.75, 3.05) is 6.54 Å². The van der Waals surface area contributed by atoms with Gasteiger partial charge in [0.05, 0.1) is 12.5 Å². The van der Waals surface area contributed by atoms with Gasteiger partial charge in [-0.15, -0.1) is 0 Å². The van der Waals surface area contributed by atoms with Crippen molar-refractivity contribution in [1.29, 1.82) is 0 Å². The van der Waals surface area contributed by atoms with Gasteiger partial charge in [0.15, 0.2) is 0 Å². The van der Waals surface area contributed by atoms with E-state index in [-0.39, 0.29) is 0 Å². The van der Waals surface area contributed by atoms with Crippen molar-refractivity contribution >= 4 is 0 Å². The van der Waals surface area contributed by atoms with Crippen molar-refractivity contribution in [3.8, 4) is 0 Å². The highest BCUT2D eigenvalue weighted by atomic mass is 16.3. The van der Waals surface area contributed by atoms with Gasteiger partial charge in [-0.05, 0) is 30.5 Å². The van der Waals surface area contributed by atoms with Crippen molar-refractivity contribution in [2.24, 2.45) is 5.73 Å². The minimum absolute atomic E-state index is 0.701. The highest BCUT2D eigenvalue weighted by Gasteiger charge is 2.00. The van der Waals surface area contributed by atoms with Crippen LogP contribution in [0.25, 0.3) is 0 Å². The average Bonchev–Trinajstić information content (AvgIpc) is 2.36. The molecule has 0 aliphatic rings. The van der Waals surface area contributed by atoms with Crippen LogP contribution in [-0.2, 0) is 12.8 Å². The summed E-state index contributed by atoms with van der Waals surface area (Å²) in [6.45, 7) is 2.82. The maximum atomic E-state index is 5.40. The highest BCUT2D eigenvalue weighted by Crippen LogP contribution is 2.10. The molecule has 10 heavy (non-hydrogen) atoms. The predicted octanol–water partition coefficient (Wildman–Crippen LogP) is 1.34. The molecule has 2 heteroatoms. The molecule has 1 aromatic rings. The van der Waals surface area contributed by atoms with Gasteiger partial charge in [0.2, 0.25) is 0 Å². The van der Waals surface area contributed by atoms with Gasteiger partial charge in [-0.25, -0.2) is 0 Å². The maximum Gasteiger partial charge on any atom is 0.0937 e. The van der Waals surface area contributed by atoms with Crippen LogP contribution in [0.3, 0.4) is 0 Å². The van der Waals surface area contributed by atoms with E-state index in [4.69, 9.17) is 10.2 Å². The molecule has 0 aromatic carbocycles. The lowest BCUT2D eigenvalue weighted by atomic mass is 10.1. The van der Waals surface area contributed by atoms with E-state index < -0.39 is 0 Å². The number of rotatable bonds is 3. The standard InChI is InChI=1S/C8H13NO/c1-2-7-5-10-6-8(7)3-4-9/h5-6H,2-4,9H2,1H3. The van der Waals surface area contributed by atoms with Gasteiger partial charge >= 0.3 is 0 Å². The number of hydrogen-bond donors (Lipinski definition) is 1. The quantitative estimate of drug-likeness (QED) is 0.686. The number of aryl methyl sites for hydroxylation is 1. The monoisotopic (exact) mass is 139 g/mol. The van der Waals surface area contributed by atoms with E-state index in [1.54, 1.807) is 12.5 Å². The van der Waals surface area contributed by atoms with Crippen LogP contribution in [0.5, 0.6) is 0 Å². The zero-order chi connectivity index (χ0) is 7.40. The minimum Gasteiger partial charge on any atom is -0.472 e. The van der Waals surface area contributed by atoms with E-state index in [0.29, 0.717) is 6.54 Å². The van der Waals surface area contributed by atoms with Crippen LogP contribution in [0.2, 0.25) is 0 Å². The molecule has 0 aliphatic carbocycles. The Kier molecular flexibility index (Phi) is 2.51. The zero-order valence-electron chi connectivity index (χ0n) is 6.26. The first-order valence-electron chi connectivity index (χ1n) is 3.62. The Labute approximate surface area is 61.0 Å². The van der Waals surface area contributed by atoms with E-state index in [1.165, 1.54) is 11.1 Å². The molecule has 0 aliphatic heterocycles. The van der Waals surface area contributed by atoms with Crippen molar-refractivity contribution in [3.05, 3.63) is 23.7 Å². The third-order valence-corrected chi connectivity index (χ3v) is 1.63. The third kappa shape index (κ3) is 1.39. The van der Waals surface area contributed by atoms with Crippen LogP contribution in [0.4, 0.5) is 0 Å². The summed E-state index contributed by atoms with van der Waals surface area (Å²) in [5, 5.41) is 0. The second kappa shape index (κ2) is 3.42. The molecule has 1 heterocycles. The van der Waals surface area contributed by atoms with Crippen molar-refractivity contribution in [3.63, 3.8) is 0 Å². The van der Waals surface area contributed by atoms with Crippen LogP contribution < -0.4 is 5.73 Å². The minimum atomic E-state index is 0.701. The Morgan fingerprint density at radius 3 is 2.70 bits per heavy atom. The summed E-state index contributed by atoms with van der Waals surface area (Å²) < 4.78 is 5.03. The van der Waals surface area contributed by atoms with Crippen LogP contribution in [0, 0.1) is 0 Å². The molecule has 2 nitrogen and oxygen atoms in total. The lowest BCUT2D eigenvalue weighted by Gasteiger charge is -1.94. The predicted molar refractivity (Wildman–Crippen MR) is 40.8 cm³/mol. The topological polar surface area (TPSA) is 39.2 Å². The SMILES string of the molecule is CCc1cocc1CCN. The lowest BCUT2D eigenvalue weighted by Crippen LogP contribution is -2.03. The fourth-order valence-electron chi connectivity index (χ4n) is 1.04. The second-order valence-corrected chi connectivity index (χ2v) is 2.31. The Bertz CT molecular complexity index is 193. The van der Waals surface area contributed by atoms with Gasteiger partial charge in [0.25, 0.3) is 0 Å². The summed E-state index contributed by atoms with van der Waals surface area (Å²) in [7, 11) is 0. The average molecular weight is 139 g/mol. The molecular formula is C8H13NO. The maximum absolute atomic E-state index is 5.40. The fourth-order valence-corrected chi connectivity index (χ4v) is 1.04. The zero-order valence-corrected chi connectivity index (χ0v) is 6.26. The lowest BCUT2D eigenvalue weighted by molar-refractivity contribution is 0.561. The Morgan fingerprint density at radius 1 is 1.40 bits per heavy atom. The number of furan rings is 1. The first kappa shape index (κ1) is 7.35. The number of nitrogens with two attached hydrogens (primary N) is 1. The van der Waals surface area contributed by atoms with E-state index >= 15 is 0 Å². The normalized spacial score (nSPS) is 10.2. The van der Waals surface area contributed by atoms with Gasteiger partial charge in [-0.3, -0.25) is 0 Å². The molecule has 0 amide bonds. The van der Waals surface area contributed by atoms with E-state index in [9.17, 15) is 0 Å². The molecule has 0 fully saturated rings. The summed E-state index contributed by atoms with van der Waals surface area (Å²) >= 11 is 0. The van der Waals surface area contributed by atoms with Gasteiger partial charge in [-0.1, -0.05) is 6.92 Å². The molecule has 0 spiro atoms. The number of hydrogen-bond acceptors (Lipinski definition) is 2. The molecule has 0 radical (unpaired) electrons. The van der Waals surface area contributed by atoms with E-state index in [2.05, 4.69) is 6.92 Å². The molecular weight excluding hydrogens is 126 g/mol. The Hall–Kier alpha value is -0.760. The van der Waals surface area contributed by atoms with Gasteiger partial charge in [0.1, 0.15) is 0 Å². The molecule has 0 atom stereocenters. The van der Waals surface area contributed by atoms with Crippen LogP contribution in [0.15, 0.2) is 16.9 Å². The molecule has 0 saturated heterocycles. The molecule has 0 bridgehead atoms. The Morgan fingerprint density at radius 2 is 2.10 bits per heavy atom. The Balaban J connectivity index is 2.70. The first-order valence-corrected chi connectivity index (χ1v) is 3.62. The van der Waals surface area contributed by atoms with E-state index in [1.807, 2.05) is 0 Å². The molecule has 0 saturated carbocycles. The van der Waals surface area contributed by atoms with Gasteiger partial charge in [-0.2, -0.15) is 0 Å². The smallest absolute Gasteiger partial charge is 0.0937 e. The summed E-state index contributed by atoms with van der Waals surface area (Å²) in [6, 6.07) is 0. The van der Waals surface area contributed by atoms with Crippen molar-refractivity contribution < 1.29 is 4.42 Å². The van der Waals surface area contributed by atoms with Crippen LogP contribution in [-0.4, -0.2) is 6.54 Å². The molecule has 1 aromatic heterocycles. The van der Waals surface area contributed by atoms with Crippen LogP contribution in [0.1, 0.15) is 18.1 Å². The summed E-state index contributed by atoms with van der Waals surface area (Å²) in [5.41, 5.74) is 7.94. The van der Waals surface area contributed by atoms with E-state index in [0.717, 1.165) is 12.8 Å². The molecule has 1 rings (SSSR count). The molecule has 2 N–H and O–H groups in total. The first-order chi connectivity index (χ1) is 4.88. The second-order valence-electron chi connectivity index (χ2n) is 2.31. The summed E-state index contributed by atoms with van der Waals surface area (Å²) in [4.78, 5) is 0. The molecule has 56 valence electrons. The van der Waals surface area contributed by atoms with Gasteiger partial charge in [0, 0.05) is 0 Å².